The lowest BCUT2D eigenvalue weighted by Gasteiger charge is -2.13. The smallest absolute Gasteiger partial charge is 0.251 e. The fraction of sp³-hybridized carbons (Fsp3) is 0.364. The number of carbonyl (C=O) groups is 2. The highest BCUT2D eigenvalue weighted by Gasteiger charge is 2.10. The van der Waals surface area contributed by atoms with Crippen molar-refractivity contribution in [3.63, 3.8) is 0 Å². The van der Waals surface area contributed by atoms with Crippen LogP contribution in [0.15, 0.2) is 48.5 Å². The van der Waals surface area contributed by atoms with E-state index in [0.717, 1.165) is 12.1 Å². The van der Waals surface area contributed by atoms with Crippen LogP contribution in [-0.2, 0) is 9.53 Å². The van der Waals surface area contributed by atoms with E-state index in [0.29, 0.717) is 30.2 Å². The van der Waals surface area contributed by atoms with Gasteiger partial charge in [0, 0.05) is 36.2 Å². The standard InChI is InChI=1S/C22H29N3O4/c1-4-16(2)24-22(27)17-7-5-9-19(13-17)25-21(26)15-23-18-8-6-10-20(14-18)29-12-11-28-3/h5-10,13-14,16,23H,4,11-12,15H2,1-3H3,(H,24,27)(H,25,26). The van der Waals surface area contributed by atoms with E-state index in [9.17, 15) is 9.59 Å². The number of hydrogen-bond donors (Lipinski definition) is 3. The van der Waals surface area contributed by atoms with Crippen molar-refractivity contribution in [2.24, 2.45) is 0 Å². The van der Waals surface area contributed by atoms with Gasteiger partial charge in [0.25, 0.3) is 5.91 Å². The molecule has 1 atom stereocenters. The summed E-state index contributed by atoms with van der Waals surface area (Å²) in [4.78, 5) is 24.5. The summed E-state index contributed by atoms with van der Waals surface area (Å²) in [7, 11) is 1.62. The first-order valence-electron chi connectivity index (χ1n) is 9.68. The van der Waals surface area contributed by atoms with Crippen LogP contribution in [0.4, 0.5) is 11.4 Å². The van der Waals surface area contributed by atoms with Crippen LogP contribution in [0.2, 0.25) is 0 Å². The van der Waals surface area contributed by atoms with Crippen molar-refractivity contribution in [2.45, 2.75) is 26.3 Å². The van der Waals surface area contributed by atoms with Crippen LogP contribution in [0.1, 0.15) is 30.6 Å². The maximum absolute atomic E-state index is 12.3. The van der Waals surface area contributed by atoms with Crippen LogP contribution in [0.25, 0.3) is 0 Å². The molecular formula is C22H29N3O4. The first-order valence-corrected chi connectivity index (χ1v) is 9.68. The van der Waals surface area contributed by atoms with E-state index in [2.05, 4.69) is 16.0 Å². The molecule has 1 unspecified atom stereocenters. The maximum Gasteiger partial charge on any atom is 0.251 e. The van der Waals surface area contributed by atoms with Gasteiger partial charge in [-0.1, -0.05) is 19.1 Å². The molecule has 0 bridgehead atoms. The summed E-state index contributed by atoms with van der Waals surface area (Å²) in [6, 6.07) is 14.4. The summed E-state index contributed by atoms with van der Waals surface area (Å²) in [6.45, 7) is 5.02. The number of benzene rings is 2. The van der Waals surface area contributed by atoms with Gasteiger partial charge in [-0.3, -0.25) is 9.59 Å². The predicted molar refractivity (Wildman–Crippen MR) is 115 cm³/mol. The molecular weight excluding hydrogens is 370 g/mol. The number of ether oxygens (including phenoxy) is 2. The Bertz CT molecular complexity index is 810. The molecule has 7 nitrogen and oxygen atoms in total. The van der Waals surface area contributed by atoms with Gasteiger partial charge < -0.3 is 25.4 Å². The molecule has 0 fully saturated rings. The van der Waals surface area contributed by atoms with Gasteiger partial charge in [-0.25, -0.2) is 0 Å². The largest absolute Gasteiger partial charge is 0.491 e. The van der Waals surface area contributed by atoms with Gasteiger partial charge in [-0.15, -0.1) is 0 Å². The number of methoxy groups -OCH3 is 1. The Kier molecular flexibility index (Phi) is 8.98. The molecule has 0 radical (unpaired) electrons. The van der Waals surface area contributed by atoms with Crippen molar-refractivity contribution in [1.29, 1.82) is 0 Å². The maximum atomic E-state index is 12.3. The Morgan fingerprint density at radius 1 is 1.03 bits per heavy atom. The van der Waals surface area contributed by atoms with Crippen LogP contribution in [-0.4, -0.2) is 44.7 Å². The fourth-order valence-corrected chi connectivity index (χ4v) is 2.47. The third kappa shape index (κ3) is 7.83. The molecule has 0 spiro atoms. The molecule has 0 heterocycles. The zero-order valence-electron chi connectivity index (χ0n) is 17.2. The fourth-order valence-electron chi connectivity index (χ4n) is 2.47. The molecule has 3 N–H and O–H groups in total. The van der Waals surface area contributed by atoms with Crippen LogP contribution < -0.4 is 20.7 Å². The van der Waals surface area contributed by atoms with Gasteiger partial charge in [-0.2, -0.15) is 0 Å². The Balaban J connectivity index is 1.87. The quantitative estimate of drug-likeness (QED) is 0.505. The van der Waals surface area contributed by atoms with Crippen molar-refractivity contribution >= 4 is 23.2 Å². The third-order valence-corrected chi connectivity index (χ3v) is 4.24. The third-order valence-electron chi connectivity index (χ3n) is 4.24. The lowest BCUT2D eigenvalue weighted by molar-refractivity contribution is -0.114. The summed E-state index contributed by atoms with van der Waals surface area (Å²) in [6.07, 6.45) is 0.854. The summed E-state index contributed by atoms with van der Waals surface area (Å²) < 4.78 is 10.5. The molecule has 0 saturated heterocycles. The second kappa shape index (κ2) is 11.7. The normalized spacial score (nSPS) is 11.4. The number of hydrogen-bond acceptors (Lipinski definition) is 5. The van der Waals surface area contributed by atoms with Gasteiger partial charge in [0.2, 0.25) is 5.91 Å². The molecule has 2 aromatic rings. The Hall–Kier alpha value is -3.06. The summed E-state index contributed by atoms with van der Waals surface area (Å²) in [5.74, 6) is 0.335. The lowest BCUT2D eigenvalue weighted by atomic mass is 10.1. The van der Waals surface area contributed by atoms with Crippen molar-refractivity contribution in [3.8, 4) is 5.75 Å². The molecule has 156 valence electrons. The Labute approximate surface area is 171 Å². The molecule has 2 amide bonds. The Morgan fingerprint density at radius 3 is 2.55 bits per heavy atom. The predicted octanol–water partition coefficient (Wildman–Crippen LogP) is 3.29. The average Bonchev–Trinajstić information content (AvgIpc) is 2.73. The minimum absolute atomic E-state index is 0.0881. The molecule has 0 aliphatic carbocycles. The van der Waals surface area contributed by atoms with Crippen molar-refractivity contribution in [2.75, 3.05) is 37.5 Å². The monoisotopic (exact) mass is 399 g/mol. The number of anilines is 2. The van der Waals surface area contributed by atoms with E-state index in [1.54, 1.807) is 31.4 Å². The molecule has 0 aromatic heterocycles. The highest BCUT2D eigenvalue weighted by Crippen LogP contribution is 2.17. The summed E-state index contributed by atoms with van der Waals surface area (Å²) in [5, 5.41) is 8.78. The van der Waals surface area contributed by atoms with Crippen LogP contribution in [0.5, 0.6) is 5.75 Å². The highest BCUT2D eigenvalue weighted by molar-refractivity contribution is 5.98. The molecule has 2 rings (SSSR count). The summed E-state index contributed by atoms with van der Waals surface area (Å²) >= 11 is 0. The Morgan fingerprint density at radius 2 is 1.79 bits per heavy atom. The molecule has 2 aromatic carbocycles. The lowest BCUT2D eigenvalue weighted by Crippen LogP contribution is -2.32. The number of rotatable bonds is 11. The minimum atomic E-state index is -0.213. The molecule has 29 heavy (non-hydrogen) atoms. The first-order chi connectivity index (χ1) is 14.0. The number of carbonyl (C=O) groups excluding carboxylic acids is 2. The van der Waals surface area contributed by atoms with Gasteiger partial charge in [0.05, 0.1) is 13.2 Å². The van der Waals surface area contributed by atoms with Gasteiger partial charge in [-0.05, 0) is 43.7 Å². The minimum Gasteiger partial charge on any atom is -0.491 e. The van der Waals surface area contributed by atoms with Gasteiger partial charge in [0.15, 0.2) is 0 Å². The van der Waals surface area contributed by atoms with E-state index >= 15 is 0 Å². The molecule has 0 saturated carbocycles. The molecule has 0 aliphatic heterocycles. The average molecular weight is 399 g/mol. The van der Waals surface area contributed by atoms with Crippen molar-refractivity contribution < 1.29 is 19.1 Å². The van der Waals surface area contributed by atoms with Crippen molar-refractivity contribution in [3.05, 3.63) is 54.1 Å². The summed E-state index contributed by atoms with van der Waals surface area (Å²) in [5.41, 5.74) is 1.86. The van der Waals surface area contributed by atoms with Crippen LogP contribution in [0.3, 0.4) is 0 Å². The topological polar surface area (TPSA) is 88.7 Å². The zero-order valence-corrected chi connectivity index (χ0v) is 17.2. The first kappa shape index (κ1) is 22.2. The number of nitrogens with one attached hydrogen (secondary N) is 3. The van der Waals surface area contributed by atoms with Crippen LogP contribution >= 0.6 is 0 Å². The molecule has 0 aliphatic rings. The van der Waals surface area contributed by atoms with E-state index < -0.39 is 0 Å². The zero-order chi connectivity index (χ0) is 21.1. The molecule has 7 heteroatoms. The van der Waals surface area contributed by atoms with E-state index in [1.807, 2.05) is 38.1 Å². The SMILES string of the molecule is CCC(C)NC(=O)c1cccc(NC(=O)CNc2cccc(OCCOC)c2)c1. The van der Waals surface area contributed by atoms with Gasteiger partial charge >= 0.3 is 0 Å². The van der Waals surface area contributed by atoms with Crippen LogP contribution in [0, 0.1) is 0 Å². The second-order valence-electron chi connectivity index (χ2n) is 6.63. The van der Waals surface area contributed by atoms with E-state index in [1.165, 1.54) is 0 Å². The highest BCUT2D eigenvalue weighted by atomic mass is 16.5. The van der Waals surface area contributed by atoms with Crippen molar-refractivity contribution in [1.82, 2.24) is 5.32 Å². The van der Waals surface area contributed by atoms with E-state index in [4.69, 9.17) is 9.47 Å². The van der Waals surface area contributed by atoms with E-state index in [-0.39, 0.29) is 24.4 Å². The number of amides is 2. The van der Waals surface area contributed by atoms with Gasteiger partial charge in [0.1, 0.15) is 12.4 Å². The second-order valence-corrected chi connectivity index (χ2v) is 6.63.